The number of rotatable bonds is 5. The van der Waals surface area contributed by atoms with Gasteiger partial charge in [-0.05, 0) is 19.1 Å². The Kier molecular flexibility index (Phi) is 5.16. The normalized spacial score (nSPS) is 12.3. The first kappa shape index (κ1) is 16.0. The lowest BCUT2D eigenvalue weighted by atomic mass is 10.00. The molecule has 0 bridgehead atoms. The number of ketones is 1. The van der Waals surface area contributed by atoms with E-state index >= 15 is 0 Å². The van der Waals surface area contributed by atoms with Crippen LogP contribution in [0.25, 0.3) is 0 Å². The third-order valence-electron chi connectivity index (χ3n) is 2.89. The third-order valence-corrected chi connectivity index (χ3v) is 3.45. The number of halogens is 1. The summed E-state index contributed by atoms with van der Waals surface area (Å²) in [5.74, 6) is -1.59. The second-order valence-electron chi connectivity index (χ2n) is 4.59. The highest BCUT2D eigenvalue weighted by Crippen LogP contribution is 2.24. The Balaban J connectivity index is 2.40. The van der Waals surface area contributed by atoms with Crippen molar-refractivity contribution < 1.29 is 14.7 Å². The Morgan fingerprint density at radius 2 is 1.82 bits per heavy atom. The Hall–Kier alpha value is -2.34. The molecule has 0 spiro atoms. The van der Waals surface area contributed by atoms with Gasteiger partial charge in [0.1, 0.15) is 0 Å². The number of carboxylic acids is 1. The first-order chi connectivity index (χ1) is 10.5. The predicted octanol–water partition coefficient (Wildman–Crippen LogP) is 2.78. The number of carboxylic acid groups (broad SMARTS) is 1. The minimum Gasteiger partial charge on any atom is -0.547 e. The molecule has 0 aliphatic heterocycles. The summed E-state index contributed by atoms with van der Waals surface area (Å²) in [6.07, 6.45) is 0. The molecule has 0 saturated carbocycles. The van der Waals surface area contributed by atoms with Crippen LogP contribution in [0.2, 0.25) is 0 Å². The quantitative estimate of drug-likeness (QED) is 0.356. The SMILES string of the molecule is Cc1ccc(N=NC(Br)C(=O)[O-])c(C(=O)c2ccccc2)c1. The number of carbonyl (C=O) groups is 2. The Labute approximate surface area is 135 Å². The number of azo groups is 1. The van der Waals surface area contributed by atoms with Gasteiger partial charge in [0.15, 0.2) is 10.7 Å². The van der Waals surface area contributed by atoms with Crippen molar-refractivity contribution in [3.8, 4) is 0 Å². The van der Waals surface area contributed by atoms with Gasteiger partial charge in [-0.2, -0.15) is 10.2 Å². The van der Waals surface area contributed by atoms with E-state index in [0.717, 1.165) is 5.56 Å². The average Bonchev–Trinajstić information content (AvgIpc) is 2.53. The van der Waals surface area contributed by atoms with Crippen LogP contribution in [0.4, 0.5) is 5.69 Å². The van der Waals surface area contributed by atoms with E-state index in [2.05, 4.69) is 26.2 Å². The summed E-state index contributed by atoms with van der Waals surface area (Å²) in [6, 6.07) is 13.9. The Bertz CT molecular complexity index is 729. The van der Waals surface area contributed by atoms with Crippen molar-refractivity contribution in [2.24, 2.45) is 10.2 Å². The minimum absolute atomic E-state index is 0.196. The molecule has 2 rings (SSSR count). The fourth-order valence-corrected chi connectivity index (χ4v) is 1.92. The van der Waals surface area contributed by atoms with Crippen molar-refractivity contribution in [2.45, 2.75) is 11.9 Å². The summed E-state index contributed by atoms with van der Waals surface area (Å²) in [5, 5.41) is 18.1. The molecule has 2 aromatic carbocycles. The highest BCUT2D eigenvalue weighted by molar-refractivity contribution is 9.10. The molecule has 6 heteroatoms. The first-order valence-electron chi connectivity index (χ1n) is 6.45. The molecule has 0 aliphatic rings. The van der Waals surface area contributed by atoms with E-state index in [4.69, 9.17) is 0 Å². The molecule has 0 N–H and O–H groups in total. The van der Waals surface area contributed by atoms with Crippen molar-refractivity contribution in [2.75, 3.05) is 0 Å². The van der Waals surface area contributed by atoms with E-state index in [1.54, 1.807) is 42.5 Å². The zero-order valence-electron chi connectivity index (χ0n) is 11.7. The van der Waals surface area contributed by atoms with Crippen LogP contribution in [0, 0.1) is 6.92 Å². The zero-order valence-corrected chi connectivity index (χ0v) is 13.3. The lowest BCUT2D eigenvalue weighted by Crippen LogP contribution is -2.30. The number of aliphatic carboxylic acids is 1. The topological polar surface area (TPSA) is 81.9 Å². The molecule has 0 aromatic heterocycles. The molecule has 112 valence electrons. The van der Waals surface area contributed by atoms with E-state index in [1.807, 2.05) is 13.0 Å². The average molecular weight is 360 g/mol. The monoisotopic (exact) mass is 359 g/mol. The maximum absolute atomic E-state index is 12.6. The van der Waals surface area contributed by atoms with Gasteiger partial charge in [-0.25, -0.2) is 0 Å². The summed E-state index contributed by atoms with van der Waals surface area (Å²) >= 11 is 2.81. The lowest BCUT2D eigenvalue weighted by molar-refractivity contribution is -0.304. The standard InChI is InChI=1S/C16H13BrN2O3/c1-10-7-8-13(18-19-15(17)16(21)22)12(9-10)14(20)11-5-3-2-4-6-11/h2-9,15H,1H3,(H,21,22)/p-1. The van der Waals surface area contributed by atoms with E-state index in [9.17, 15) is 14.7 Å². The Morgan fingerprint density at radius 3 is 2.45 bits per heavy atom. The first-order valence-corrected chi connectivity index (χ1v) is 7.37. The number of alkyl halides is 1. The number of aryl methyl sites for hydroxylation is 1. The summed E-state index contributed by atoms with van der Waals surface area (Å²) in [5.41, 5.74) is 2.10. The minimum atomic E-state index is -1.40. The van der Waals surface area contributed by atoms with Gasteiger partial charge in [0, 0.05) is 5.56 Å². The van der Waals surface area contributed by atoms with Crippen molar-refractivity contribution in [3.63, 3.8) is 0 Å². The maximum atomic E-state index is 12.6. The number of hydrogen-bond acceptors (Lipinski definition) is 5. The molecule has 22 heavy (non-hydrogen) atoms. The van der Waals surface area contributed by atoms with Crippen LogP contribution < -0.4 is 5.11 Å². The fourth-order valence-electron chi connectivity index (χ4n) is 1.82. The number of carbonyl (C=O) groups excluding carboxylic acids is 2. The molecule has 0 aliphatic carbocycles. The Morgan fingerprint density at radius 1 is 1.14 bits per heavy atom. The number of benzene rings is 2. The van der Waals surface area contributed by atoms with Crippen molar-refractivity contribution in [1.82, 2.24) is 0 Å². The molecule has 0 fully saturated rings. The highest BCUT2D eigenvalue weighted by Gasteiger charge is 2.14. The van der Waals surface area contributed by atoms with Gasteiger partial charge in [-0.15, -0.1) is 0 Å². The van der Waals surface area contributed by atoms with Crippen LogP contribution in [0.15, 0.2) is 58.8 Å². The third kappa shape index (κ3) is 3.85. The number of nitrogens with zero attached hydrogens (tertiary/aromatic N) is 2. The fraction of sp³-hybridized carbons (Fsp3) is 0.125. The summed E-state index contributed by atoms with van der Waals surface area (Å²) in [7, 11) is 0. The van der Waals surface area contributed by atoms with Gasteiger partial charge in [0.2, 0.25) is 0 Å². The molecule has 2 aromatic rings. The second-order valence-corrected chi connectivity index (χ2v) is 5.45. The number of hydrogen-bond donors (Lipinski definition) is 0. The van der Waals surface area contributed by atoms with Crippen LogP contribution in [-0.4, -0.2) is 16.7 Å². The van der Waals surface area contributed by atoms with Gasteiger partial charge >= 0.3 is 0 Å². The van der Waals surface area contributed by atoms with Gasteiger partial charge in [-0.3, -0.25) is 4.79 Å². The largest absolute Gasteiger partial charge is 0.547 e. The molecule has 5 nitrogen and oxygen atoms in total. The summed E-state index contributed by atoms with van der Waals surface area (Å²) in [4.78, 5) is 21.9. The summed E-state index contributed by atoms with van der Waals surface area (Å²) in [6.45, 7) is 1.86. The van der Waals surface area contributed by atoms with Crippen molar-refractivity contribution >= 4 is 33.4 Å². The second kappa shape index (κ2) is 7.09. The molecule has 1 unspecified atom stereocenters. The molecule has 0 saturated heterocycles. The lowest BCUT2D eigenvalue weighted by Gasteiger charge is -2.07. The molecule has 0 amide bonds. The van der Waals surface area contributed by atoms with Gasteiger partial charge in [-0.1, -0.05) is 57.9 Å². The van der Waals surface area contributed by atoms with Crippen LogP contribution >= 0.6 is 15.9 Å². The van der Waals surface area contributed by atoms with E-state index in [0.29, 0.717) is 16.8 Å². The van der Waals surface area contributed by atoms with Crippen molar-refractivity contribution in [1.29, 1.82) is 0 Å². The van der Waals surface area contributed by atoms with E-state index in [-0.39, 0.29) is 5.78 Å². The van der Waals surface area contributed by atoms with E-state index in [1.165, 1.54) is 0 Å². The molecular weight excluding hydrogens is 348 g/mol. The molecule has 0 heterocycles. The molecule has 1 atom stereocenters. The summed E-state index contributed by atoms with van der Waals surface area (Å²) < 4.78 is 0. The van der Waals surface area contributed by atoms with Crippen LogP contribution in [0.5, 0.6) is 0 Å². The predicted molar refractivity (Wildman–Crippen MR) is 83.3 cm³/mol. The highest BCUT2D eigenvalue weighted by atomic mass is 79.9. The van der Waals surface area contributed by atoms with Gasteiger partial charge < -0.3 is 9.90 Å². The van der Waals surface area contributed by atoms with Crippen LogP contribution in [-0.2, 0) is 4.79 Å². The smallest absolute Gasteiger partial charge is 0.195 e. The molecular formula is C16H12BrN2O3-. The zero-order chi connectivity index (χ0) is 16.1. The maximum Gasteiger partial charge on any atom is 0.195 e. The van der Waals surface area contributed by atoms with Crippen molar-refractivity contribution in [3.05, 3.63) is 65.2 Å². The van der Waals surface area contributed by atoms with Crippen LogP contribution in [0.1, 0.15) is 21.5 Å². The van der Waals surface area contributed by atoms with E-state index < -0.39 is 10.9 Å². The van der Waals surface area contributed by atoms with Gasteiger partial charge in [0.25, 0.3) is 0 Å². The van der Waals surface area contributed by atoms with Crippen LogP contribution in [0.3, 0.4) is 0 Å². The molecule has 0 radical (unpaired) electrons. The van der Waals surface area contributed by atoms with Gasteiger partial charge in [0.05, 0.1) is 17.2 Å².